The van der Waals surface area contributed by atoms with Crippen LogP contribution in [0.3, 0.4) is 0 Å². The largest absolute Gasteiger partial charge is 0.355 e. The van der Waals surface area contributed by atoms with E-state index in [9.17, 15) is 4.79 Å². The number of imidazole rings is 1. The van der Waals surface area contributed by atoms with Gasteiger partial charge in [-0.15, -0.1) is 10.2 Å². The summed E-state index contributed by atoms with van der Waals surface area (Å²) >= 11 is 0. The van der Waals surface area contributed by atoms with Gasteiger partial charge in [0, 0.05) is 19.0 Å². The Kier molecular flexibility index (Phi) is 4.35. The molecule has 146 valence electrons. The second-order valence-electron chi connectivity index (χ2n) is 6.94. The number of piperidine rings is 1. The van der Waals surface area contributed by atoms with E-state index in [-0.39, 0.29) is 11.8 Å². The Morgan fingerprint density at radius 3 is 2.59 bits per heavy atom. The van der Waals surface area contributed by atoms with Gasteiger partial charge in [-0.25, -0.2) is 14.6 Å². The fraction of sp³-hybridized carbons (Fsp3) is 0.263. The Morgan fingerprint density at radius 2 is 1.86 bits per heavy atom. The molecule has 0 saturated carbocycles. The van der Waals surface area contributed by atoms with Gasteiger partial charge in [0.15, 0.2) is 11.6 Å². The van der Waals surface area contributed by atoms with Crippen molar-refractivity contribution < 1.29 is 4.79 Å². The molecule has 1 saturated heterocycles. The number of benzene rings is 1. The molecule has 0 bridgehead atoms. The second kappa shape index (κ2) is 7.30. The van der Waals surface area contributed by atoms with Crippen molar-refractivity contribution in [2.45, 2.75) is 12.8 Å². The Hall–Kier alpha value is -3.82. The number of H-pyrrole nitrogens is 1. The van der Waals surface area contributed by atoms with Crippen LogP contribution in [-0.4, -0.2) is 53.9 Å². The Balaban J connectivity index is 1.19. The monoisotopic (exact) mass is 389 g/mol. The molecule has 0 unspecified atom stereocenters. The number of carbonyl (C=O) groups is 1. The minimum atomic E-state index is -0.0538. The molecule has 0 aliphatic carbocycles. The summed E-state index contributed by atoms with van der Waals surface area (Å²) < 4.78 is 1.56. The molecule has 0 atom stereocenters. The maximum absolute atomic E-state index is 12.6. The highest BCUT2D eigenvalue weighted by atomic mass is 16.2. The zero-order valence-electron chi connectivity index (χ0n) is 15.6. The summed E-state index contributed by atoms with van der Waals surface area (Å²) in [6, 6.07) is 11.5. The highest BCUT2D eigenvalue weighted by Gasteiger charge is 2.26. The first-order valence-electron chi connectivity index (χ1n) is 9.45. The van der Waals surface area contributed by atoms with E-state index in [1.807, 2.05) is 36.4 Å². The number of nitrogens with one attached hydrogen (secondary N) is 2. The first kappa shape index (κ1) is 17.3. The van der Waals surface area contributed by atoms with Crippen molar-refractivity contribution in [3.05, 3.63) is 49.1 Å². The topological polar surface area (TPSA) is 118 Å². The predicted molar refractivity (Wildman–Crippen MR) is 107 cm³/mol. The molecule has 29 heavy (non-hydrogen) atoms. The quantitative estimate of drug-likeness (QED) is 0.546. The first-order valence-corrected chi connectivity index (χ1v) is 9.45. The van der Waals surface area contributed by atoms with E-state index in [2.05, 4.69) is 40.5 Å². The SMILES string of the molecule is O=C(Nc1nc2ccccc2[nH]1)C1CCN(c2ccc(-n3cncn3)nn2)CC1. The van der Waals surface area contributed by atoms with Gasteiger partial charge in [0.05, 0.1) is 11.0 Å². The average Bonchev–Trinajstić information content (AvgIpc) is 3.43. The average molecular weight is 389 g/mol. The lowest BCUT2D eigenvalue weighted by Crippen LogP contribution is -2.38. The smallest absolute Gasteiger partial charge is 0.229 e. The van der Waals surface area contributed by atoms with Gasteiger partial charge in [0.1, 0.15) is 12.7 Å². The Labute approximate surface area is 166 Å². The molecule has 0 spiro atoms. The number of amides is 1. The lowest BCUT2D eigenvalue weighted by atomic mass is 9.96. The summed E-state index contributed by atoms with van der Waals surface area (Å²) in [5, 5.41) is 15.5. The van der Waals surface area contributed by atoms with Crippen molar-refractivity contribution in [2.75, 3.05) is 23.3 Å². The highest BCUT2D eigenvalue weighted by molar-refractivity contribution is 5.92. The van der Waals surface area contributed by atoms with Gasteiger partial charge in [-0.05, 0) is 37.1 Å². The molecule has 1 aliphatic heterocycles. The van der Waals surface area contributed by atoms with Crippen molar-refractivity contribution in [2.24, 2.45) is 5.92 Å². The van der Waals surface area contributed by atoms with E-state index in [1.165, 1.54) is 6.33 Å². The van der Waals surface area contributed by atoms with Gasteiger partial charge in [0.25, 0.3) is 0 Å². The van der Waals surface area contributed by atoms with Crippen LogP contribution < -0.4 is 10.2 Å². The third-order valence-corrected chi connectivity index (χ3v) is 5.11. The van der Waals surface area contributed by atoms with Crippen LogP contribution >= 0.6 is 0 Å². The summed E-state index contributed by atoms with van der Waals surface area (Å²) in [5.41, 5.74) is 1.75. The van der Waals surface area contributed by atoms with Crippen molar-refractivity contribution in [1.29, 1.82) is 0 Å². The van der Waals surface area contributed by atoms with Crippen molar-refractivity contribution >= 4 is 28.7 Å². The van der Waals surface area contributed by atoms with E-state index in [4.69, 9.17) is 0 Å². The van der Waals surface area contributed by atoms with Crippen LogP contribution in [0.4, 0.5) is 11.8 Å². The van der Waals surface area contributed by atoms with Gasteiger partial charge in [-0.3, -0.25) is 10.1 Å². The lowest BCUT2D eigenvalue weighted by Gasteiger charge is -2.31. The number of aromatic nitrogens is 7. The maximum atomic E-state index is 12.6. The number of fused-ring (bicyclic) bond motifs is 1. The molecule has 1 aliphatic rings. The predicted octanol–water partition coefficient (Wildman–Crippen LogP) is 1.79. The Bertz CT molecular complexity index is 1080. The van der Waals surface area contributed by atoms with Crippen molar-refractivity contribution in [1.82, 2.24) is 34.9 Å². The van der Waals surface area contributed by atoms with Crippen LogP contribution in [0, 0.1) is 5.92 Å². The number of rotatable bonds is 4. The summed E-state index contributed by atoms with van der Waals surface area (Å²) in [4.78, 5) is 26.2. The standard InChI is InChI=1S/C19H19N9O/c29-18(24-19-22-14-3-1-2-4-15(14)23-19)13-7-9-27(10-8-13)16-5-6-17(26-25-16)28-12-20-11-21-28/h1-6,11-13H,7-10H2,(H2,22,23,24,29). The second-order valence-corrected chi connectivity index (χ2v) is 6.94. The third kappa shape index (κ3) is 3.51. The fourth-order valence-electron chi connectivity index (χ4n) is 3.54. The van der Waals surface area contributed by atoms with Crippen molar-refractivity contribution in [3.8, 4) is 5.82 Å². The summed E-state index contributed by atoms with van der Waals surface area (Å²) in [6.45, 7) is 1.49. The number of hydrogen-bond acceptors (Lipinski definition) is 7. The molecule has 5 rings (SSSR count). The fourth-order valence-corrected chi connectivity index (χ4v) is 3.54. The van der Waals surface area contributed by atoms with Crippen LogP contribution in [0.1, 0.15) is 12.8 Å². The van der Waals surface area contributed by atoms with Gasteiger partial charge >= 0.3 is 0 Å². The van der Waals surface area contributed by atoms with Crippen LogP contribution in [0.2, 0.25) is 0 Å². The summed E-state index contributed by atoms with van der Waals surface area (Å²) in [6.07, 6.45) is 4.53. The van der Waals surface area contributed by atoms with Gasteiger partial charge in [-0.2, -0.15) is 5.10 Å². The molecular formula is C19H19N9O. The van der Waals surface area contributed by atoms with Gasteiger partial charge < -0.3 is 9.88 Å². The zero-order chi connectivity index (χ0) is 19.6. The van der Waals surface area contributed by atoms with E-state index in [0.717, 1.165) is 42.8 Å². The normalized spacial score (nSPS) is 15.0. The van der Waals surface area contributed by atoms with Crippen LogP contribution in [0.25, 0.3) is 16.9 Å². The van der Waals surface area contributed by atoms with E-state index < -0.39 is 0 Å². The molecule has 10 nitrogen and oxygen atoms in total. The lowest BCUT2D eigenvalue weighted by molar-refractivity contribution is -0.120. The van der Waals surface area contributed by atoms with E-state index >= 15 is 0 Å². The van der Waals surface area contributed by atoms with Gasteiger partial charge in [-0.1, -0.05) is 12.1 Å². The molecule has 4 heterocycles. The minimum Gasteiger partial charge on any atom is -0.355 e. The summed E-state index contributed by atoms with van der Waals surface area (Å²) in [7, 11) is 0. The number of hydrogen-bond donors (Lipinski definition) is 2. The minimum absolute atomic E-state index is 0.00341. The summed E-state index contributed by atoms with van der Waals surface area (Å²) in [5.74, 6) is 1.85. The Morgan fingerprint density at radius 1 is 1.07 bits per heavy atom. The third-order valence-electron chi connectivity index (χ3n) is 5.11. The molecule has 3 aromatic heterocycles. The molecule has 1 amide bonds. The molecule has 0 radical (unpaired) electrons. The van der Waals surface area contributed by atoms with Crippen LogP contribution in [0.5, 0.6) is 0 Å². The van der Waals surface area contributed by atoms with Crippen molar-refractivity contribution in [3.63, 3.8) is 0 Å². The number of carbonyl (C=O) groups excluding carboxylic acids is 1. The molecule has 4 aromatic rings. The van der Waals surface area contributed by atoms with Gasteiger partial charge in [0.2, 0.25) is 11.9 Å². The molecule has 1 aromatic carbocycles. The van der Waals surface area contributed by atoms with Crippen LogP contribution in [0.15, 0.2) is 49.1 Å². The zero-order valence-corrected chi connectivity index (χ0v) is 15.6. The number of nitrogens with zero attached hydrogens (tertiary/aromatic N) is 7. The molecule has 10 heteroatoms. The number of aromatic amines is 1. The van der Waals surface area contributed by atoms with E-state index in [1.54, 1.807) is 11.0 Å². The maximum Gasteiger partial charge on any atom is 0.229 e. The molecule has 2 N–H and O–H groups in total. The van der Waals surface area contributed by atoms with Crippen LogP contribution in [-0.2, 0) is 4.79 Å². The molecule has 1 fully saturated rings. The molecular weight excluding hydrogens is 370 g/mol. The highest BCUT2D eigenvalue weighted by Crippen LogP contribution is 2.23. The van der Waals surface area contributed by atoms with E-state index in [0.29, 0.717) is 11.8 Å². The first-order chi connectivity index (χ1) is 14.3. The number of anilines is 2. The number of para-hydroxylation sites is 2.